The Morgan fingerprint density at radius 2 is 1.97 bits per heavy atom. The molecule has 30 heavy (non-hydrogen) atoms. The van der Waals surface area contributed by atoms with Crippen LogP contribution in [-0.2, 0) is 4.74 Å². The number of aromatic nitrogens is 1. The molecule has 1 atom stereocenters. The van der Waals surface area contributed by atoms with Crippen LogP contribution < -0.4 is 11.1 Å². The molecule has 1 fully saturated rings. The Kier molecular flexibility index (Phi) is 6.85. The Hall–Kier alpha value is -1.77. The summed E-state index contributed by atoms with van der Waals surface area (Å²) < 4.78 is 5.66. The quantitative estimate of drug-likeness (QED) is 0.306. The summed E-state index contributed by atoms with van der Waals surface area (Å²) in [4.78, 5) is 18.6. The second-order valence-electron chi connectivity index (χ2n) is 6.75. The van der Waals surface area contributed by atoms with Gasteiger partial charge in [0, 0.05) is 22.9 Å². The second-order valence-corrected chi connectivity index (χ2v) is 9.66. The highest BCUT2D eigenvalue weighted by Gasteiger charge is 2.22. The number of carbonyl (C=O) groups is 1. The van der Waals surface area contributed by atoms with E-state index in [-0.39, 0.29) is 27.2 Å². The third kappa shape index (κ3) is 4.92. The van der Waals surface area contributed by atoms with Crippen LogP contribution in [0, 0.1) is 0 Å². The number of halogens is 2. The van der Waals surface area contributed by atoms with Crippen LogP contribution in [0.4, 0.5) is 16.6 Å². The molecular weight excluding hydrogens is 461 g/mol. The van der Waals surface area contributed by atoms with Crippen LogP contribution in [0.3, 0.4) is 0 Å². The molecule has 1 unspecified atom stereocenters. The minimum absolute atomic E-state index is 0.146. The number of benzene rings is 2. The van der Waals surface area contributed by atoms with E-state index < -0.39 is 0 Å². The van der Waals surface area contributed by atoms with Gasteiger partial charge in [-0.3, -0.25) is 4.79 Å². The van der Waals surface area contributed by atoms with E-state index in [4.69, 9.17) is 33.7 Å². The van der Waals surface area contributed by atoms with Gasteiger partial charge < -0.3 is 15.8 Å². The van der Waals surface area contributed by atoms with Crippen LogP contribution in [-0.4, -0.2) is 29.2 Å². The van der Waals surface area contributed by atoms with Crippen molar-refractivity contribution in [2.24, 2.45) is 0 Å². The summed E-state index contributed by atoms with van der Waals surface area (Å²) in [5.74, 6) is 0.771. The van der Waals surface area contributed by atoms with Gasteiger partial charge in [-0.2, -0.15) is 0 Å². The number of rotatable bonds is 7. The molecule has 0 radical (unpaired) electrons. The van der Waals surface area contributed by atoms with Gasteiger partial charge in [0.25, 0.3) is 0 Å². The number of nitrogens with two attached hydrogens (primary N) is 1. The lowest BCUT2D eigenvalue weighted by Crippen LogP contribution is -2.07. The Balaban J connectivity index is 1.44. The number of anilines is 3. The number of thioether (sulfide) groups is 1. The number of nitrogen functional groups attached to an aromatic ring is 1. The summed E-state index contributed by atoms with van der Waals surface area (Å²) >= 11 is 15.3. The van der Waals surface area contributed by atoms with Crippen molar-refractivity contribution < 1.29 is 9.53 Å². The first-order valence-corrected chi connectivity index (χ1v) is 11.9. The molecule has 0 spiro atoms. The predicted octanol–water partition coefficient (Wildman–Crippen LogP) is 6.28. The average molecular weight is 480 g/mol. The van der Waals surface area contributed by atoms with Gasteiger partial charge in [-0.25, -0.2) is 4.98 Å². The third-order valence-electron chi connectivity index (χ3n) is 4.61. The van der Waals surface area contributed by atoms with Gasteiger partial charge in [0.15, 0.2) is 5.13 Å². The zero-order valence-corrected chi connectivity index (χ0v) is 19.0. The van der Waals surface area contributed by atoms with Crippen LogP contribution in [0.15, 0.2) is 47.4 Å². The highest BCUT2D eigenvalue weighted by molar-refractivity contribution is 7.99. The minimum Gasteiger partial charge on any atom is -0.382 e. The molecule has 0 bridgehead atoms. The molecule has 156 valence electrons. The zero-order chi connectivity index (χ0) is 21.1. The summed E-state index contributed by atoms with van der Waals surface area (Å²) in [6, 6.07) is 13.0. The molecule has 2 aromatic carbocycles. The standard InChI is InChI=1S/C21H19Cl2N3O2S2/c22-15-4-1-5-16(23)17(15)18(27)19-20(24)26-21(30-19)25-12-6-8-14(9-7-12)29-11-13-3-2-10-28-13/h1,4-9,13H,2-3,10-11,24H2,(H,25,26). The largest absolute Gasteiger partial charge is 0.382 e. The number of carbonyl (C=O) groups excluding carboxylic acids is 1. The molecule has 0 aliphatic carbocycles. The van der Waals surface area contributed by atoms with Gasteiger partial charge in [0.2, 0.25) is 5.78 Å². The van der Waals surface area contributed by atoms with E-state index in [0.717, 1.165) is 30.9 Å². The van der Waals surface area contributed by atoms with Gasteiger partial charge in [-0.1, -0.05) is 40.6 Å². The molecule has 1 aromatic heterocycles. The molecule has 2 heterocycles. The molecule has 1 aliphatic rings. The van der Waals surface area contributed by atoms with Crippen LogP contribution in [0.25, 0.3) is 0 Å². The van der Waals surface area contributed by atoms with Gasteiger partial charge in [0.1, 0.15) is 10.7 Å². The van der Waals surface area contributed by atoms with Crippen LogP contribution in [0.2, 0.25) is 10.0 Å². The molecule has 1 aliphatic heterocycles. The van der Waals surface area contributed by atoms with E-state index >= 15 is 0 Å². The topological polar surface area (TPSA) is 77.2 Å². The van der Waals surface area contributed by atoms with E-state index in [1.807, 2.05) is 12.1 Å². The average Bonchev–Trinajstić information content (AvgIpc) is 3.37. The van der Waals surface area contributed by atoms with E-state index in [1.165, 1.54) is 16.2 Å². The second kappa shape index (κ2) is 9.58. The van der Waals surface area contributed by atoms with Crippen molar-refractivity contribution in [2.45, 2.75) is 23.8 Å². The van der Waals surface area contributed by atoms with Crippen molar-refractivity contribution in [3.05, 3.63) is 63.0 Å². The first-order valence-electron chi connectivity index (χ1n) is 9.38. The highest BCUT2D eigenvalue weighted by atomic mass is 35.5. The lowest BCUT2D eigenvalue weighted by Gasteiger charge is -2.09. The Morgan fingerprint density at radius 3 is 2.63 bits per heavy atom. The molecule has 3 N–H and O–H groups in total. The molecule has 0 amide bonds. The number of ketones is 1. The lowest BCUT2D eigenvalue weighted by molar-refractivity contribution is 0.104. The first kappa shape index (κ1) is 21.5. The number of hydrogen-bond acceptors (Lipinski definition) is 7. The number of hydrogen-bond donors (Lipinski definition) is 2. The molecule has 4 rings (SSSR count). The Morgan fingerprint density at radius 1 is 1.23 bits per heavy atom. The summed E-state index contributed by atoms with van der Waals surface area (Å²) in [7, 11) is 0. The minimum atomic E-state index is -0.338. The fourth-order valence-electron chi connectivity index (χ4n) is 3.10. The van der Waals surface area contributed by atoms with Crippen LogP contribution in [0.1, 0.15) is 28.1 Å². The molecule has 3 aromatic rings. The summed E-state index contributed by atoms with van der Waals surface area (Å²) in [6.07, 6.45) is 2.64. The number of ether oxygens (including phenoxy) is 1. The molecule has 9 heteroatoms. The van der Waals surface area contributed by atoms with Crippen molar-refractivity contribution >= 4 is 68.7 Å². The number of nitrogens with one attached hydrogen (secondary N) is 1. The molecular formula is C21H19Cl2N3O2S2. The fourth-order valence-corrected chi connectivity index (χ4v) is 5.49. The van der Waals surface area contributed by atoms with Gasteiger partial charge in [-0.15, -0.1) is 11.8 Å². The molecule has 0 saturated carbocycles. The van der Waals surface area contributed by atoms with Crippen LogP contribution >= 0.6 is 46.3 Å². The smallest absolute Gasteiger partial charge is 0.209 e. The Labute approximate surface area is 192 Å². The number of thiazole rings is 1. The maximum atomic E-state index is 12.9. The van der Waals surface area contributed by atoms with Crippen molar-refractivity contribution in [3.8, 4) is 0 Å². The first-order chi connectivity index (χ1) is 14.5. The van der Waals surface area contributed by atoms with Crippen molar-refractivity contribution in [1.82, 2.24) is 4.98 Å². The van der Waals surface area contributed by atoms with Crippen molar-refractivity contribution in [3.63, 3.8) is 0 Å². The van der Waals surface area contributed by atoms with Crippen molar-refractivity contribution in [1.29, 1.82) is 0 Å². The van der Waals surface area contributed by atoms with Gasteiger partial charge in [0.05, 0.1) is 21.7 Å². The lowest BCUT2D eigenvalue weighted by atomic mass is 10.1. The van der Waals surface area contributed by atoms with E-state index in [2.05, 4.69) is 22.4 Å². The summed E-state index contributed by atoms with van der Waals surface area (Å²) in [6.45, 7) is 0.873. The third-order valence-corrected chi connectivity index (χ3v) is 7.37. The van der Waals surface area contributed by atoms with Gasteiger partial charge >= 0.3 is 0 Å². The SMILES string of the molecule is Nc1nc(Nc2ccc(SCC3CCCO3)cc2)sc1C(=O)c1c(Cl)cccc1Cl. The van der Waals surface area contributed by atoms with E-state index in [9.17, 15) is 4.79 Å². The normalized spacial score (nSPS) is 16.0. The van der Waals surface area contributed by atoms with E-state index in [1.54, 1.807) is 30.0 Å². The van der Waals surface area contributed by atoms with Gasteiger partial charge in [-0.05, 0) is 49.2 Å². The fraction of sp³-hybridized carbons (Fsp3) is 0.238. The number of nitrogens with zero attached hydrogens (tertiary/aromatic N) is 1. The van der Waals surface area contributed by atoms with Crippen molar-refractivity contribution in [2.75, 3.05) is 23.4 Å². The molecule has 1 saturated heterocycles. The highest BCUT2D eigenvalue weighted by Crippen LogP contribution is 2.34. The zero-order valence-electron chi connectivity index (χ0n) is 15.9. The predicted molar refractivity (Wildman–Crippen MR) is 126 cm³/mol. The summed E-state index contributed by atoms with van der Waals surface area (Å²) in [5, 5.41) is 4.29. The summed E-state index contributed by atoms with van der Waals surface area (Å²) in [5.41, 5.74) is 7.09. The van der Waals surface area contributed by atoms with E-state index in [0.29, 0.717) is 16.1 Å². The Bertz CT molecular complexity index is 1030. The molecule has 5 nitrogen and oxygen atoms in total. The maximum Gasteiger partial charge on any atom is 0.209 e. The maximum absolute atomic E-state index is 12.9. The monoisotopic (exact) mass is 479 g/mol. The van der Waals surface area contributed by atoms with Crippen LogP contribution in [0.5, 0.6) is 0 Å².